The quantitative estimate of drug-likeness (QED) is 0.866. The number of halogens is 1. The molecule has 0 fully saturated rings. The molecule has 1 N–H and O–H groups in total. The van der Waals surface area contributed by atoms with Crippen molar-refractivity contribution in [1.82, 2.24) is 0 Å². The molecule has 0 aromatic heterocycles. The SMILES string of the molecule is CCc1cc(C(=O)O)ccc1Sc1ccc(Br)cc1. The molecule has 98 valence electrons. The average Bonchev–Trinajstić information content (AvgIpc) is 2.41. The lowest BCUT2D eigenvalue weighted by Crippen LogP contribution is -1.98. The van der Waals surface area contributed by atoms with E-state index in [2.05, 4.69) is 15.9 Å². The van der Waals surface area contributed by atoms with Crippen LogP contribution < -0.4 is 0 Å². The Hall–Kier alpha value is -1.26. The molecule has 4 heteroatoms. The molecule has 0 aliphatic rings. The minimum Gasteiger partial charge on any atom is -0.478 e. The highest BCUT2D eigenvalue weighted by Gasteiger charge is 2.08. The summed E-state index contributed by atoms with van der Waals surface area (Å²) in [6, 6.07) is 13.4. The summed E-state index contributed by atoms with van der Waals surface area (Å²) in [5.74, 6) is -0.880. The first-order chi connectivity index (χ1) is 9.10. The van der Waals surface area contributed by atoms with Gasteiger partial charge in [0.15, 0.2) is 0 Å². The monoisotopic (exact) mass is 336 g/mol. The highest BCUT2D eigenvalue weighted by atomic mass is 79.9. The molecule has 0 heterocycles. The van der Waals surface area contributed by atoms with E-state index < -0.39 is 5.97 Å². The number of aryl methyl sites for hydroxylation is 1. The fraction of sp³-hybridized carbons (Fsp3) is 0.133. The number of benzene rings is 2. The summed E-state index contributed by atoms with van der Waals surface area (Å²) in [6.07, 6.45) is 0.819. The van der Waals surface area contributed by atoms with E-state index in [-0.39, 0.29) is 0 Å². The van der Waals surface area contributed by atoms with Crippen molar-refractivity contribution < 1.29 is 9.90 Å². The average molecular weight is 337 g/mol. The maximum atomic E-state index is 11.0. The van der Waals surface area contributed by atoms with Gasteiger partial charge in [-0.1, -0.05) is 34.6 Å². The number of hydrogen-bond donors (Lipinski definition) is 1. The van der Waals surface area contributed by atoms with Gasteiger partial charge >= 0.3 is 5.97 Å². The van der Waals surface area contributed by atoms with Crippen LogP contribution in [0.2, 0.25) is 0 Å². The fourth-order valence-corrected chi connectivity index (χ4v) is 2.98. The van der Waals surface area contributed by atoms with Crippen LogP contribution in [0.4, 0.5) is 0 Å². The van der Waals surface area contributed by atoms with Gasteiger partial charge in [-0.15, -0.1) is 0 Å². The molecule has 2 nitrogen and oxygen atoms in total. The van der Waals surface area contributed by atoms with Gasteiger partial charge in [0.1, 0.15) is 0 Å². The minimum atomic E-state index is -0.880. The van der Waals surface area contributed by atoms with Gasteiger partial charge in [-0.25, -0.2) is 4.79 Å². The Morgan fingerprint density at radius 1 is 1.21 bits per heavy atom. The van der Waals surface area contributed by atoms with E-state index in [0.29, 0.717) is 5.56 Å². The van der Waals surface area contributed by atoms with Gasteiger partial charge in [0, 0.05) is 14.3 Å². The van der Waals surface area contributed by atoms with Gasteiger partial charge in [0.05, 0.1) is 5.56 Å². The largest absolute Gasteiger partial charge is 0.478 e. The topological polar surface area (TPSA) is 37.3 Å². The summed E-state index contributed by atoms with van der Waals surface area (Å²) in [4.78, 5) is 13.2. The zero-order valence-electron chi connectivity index (χ0n) is 10.4. The van der Waals surface area contributed by atoms with Crippen LogP contribution in [-0.4, -0.2) is 11.1 Å². The second-order valence-electron chi connectivity index (χ2n) is 4.04. The molecule has 0 aliphatic carbocycles. The molecule has 0 amide bonds. The van der Waals surface area contributed by atoms with Gasteiger partial charge in [0.25, 0.3) is 0 Å². The predicted molar refractivity (Wildman–Crippen MR) is 81.0 cm³/mol. The van der Waals surface area contributed by atoms with Crippen molar-refractivity contribution in [3.8, 4) is 0 Å². The molecule has 2 aromatic rings. The Kier molecular flexibility index (Phi) is 4.66. The van der Waals surface area contributed by atoms with E-state index in [1.807, 2.05) is 37.3 Å². The summed E-state index contributed by atoms with van der Waals surface area (Å²) in [7, 11) is 0. The van der Waals surface area contributed by atoms with E-state index in [4.69, 9.17) is 5.11 Å². The molecule has 0 saturated heterocycles. The van der Waals surface area contributed by atoms with Gasteiger partial charge in [-0.3, -0.25) is 0 Å². The van der Waals surface area contributed by atoms with Gasteiger partial charge < -0.3 is 5.11 Å². The van der Waals surface area contributed by atoms with Crippen LogP contribution in [-0.2, 0) is 6.42 Å². The minimum absolute atomic E-state index is 0.344. The number of hydrogen-bond acceptors (Lipinski definition) is 2. The molecule has 0 aliphatic heterocycles. The molecule has 0 radical (unpaired) electrons. The number of aromatic carboxylic acids is 1. The van der Waals surface area contributed by atoms with Crippen LogP contribution in [0.3, 0.4) is 0 Å². The summed E-state index contributed by atoms with van der Waals surface area (Å²) >= 11 is 5.06. The third-order valence-corrected chi connectivity index (χ3v) is 4.38. The standard InChI is InChI=1S/C15H13BrO2S/c1-2-10-9-11(15(17)18)3-8-14(10)19-13-6-4-12(16)5-7-13/h3-9H,2H2,1H3,(H,17,18). The fourth-order valence-electron chi connectivity index (χ4n) is 1.72. The molecular weight excluding hydrogens is 324 g/mol. The number of carbonyl (C=O) groups is 1. The zero-order valence-corrected chi connectivity index (χ0v) is 12.8. The van der Waals surface area contributed by atoms with E-state index in [1.165, 1.54) is 0 Å². The third kappa shape index (κ3) is 3.61. The molecule has 0 spiro atoms. The first-order valence-electron chi connectivity index (χ1n) is 5.90. The molecule has 0 atom stereocenters. The summed E-state index contributed by atoms with van der Waals surface area (Å²) < 4.78 is 1.05. The van der Waals surface area contributed by atoms with Crippen LogP contribution in [0, 0.1) is 0 Å². The van der Waals surface area contributed by atoms with Crippen molar-refractivity contribution in [2.24, 2.45) is 0 Å². The smallest absolute Gasteiger partial charge is 0.335 e. The Morgan fingerprint density at radius 2 is 1.89 bits per heavy atom. The van der Waals surface area contributed by atoms with E-state index in [1.54, 1.807) is 23.9 Å². The van der Waals surface area contributed by atoms with Gasteiger partial charge in [-0.2, -0.15) is 0 Å². The zero-order chi connectivity index (χ0) is 13.8. The molecule has 2 aromatic carbocycles. The maximum absolute atomic E-state index is 11.0. The predicted octanol–water partition coefficient (Wildman–Crippen LogP) is 4.86. The van der Waals surface area contributed by atoms with Gasteiger partial charge in [-0.05, 0) is 54.4 Å². The molecular formula is C15H13BrO2S. The highest BCUT2D eigenvalue weighted by molar-refractivity contribution is 9.10. The van der Waals surface area contributed by atoms with E-state index in [9.17, 15) is 4.79 Å². The second-order valence-corrected chi connectivity index (χ2v) is 6.07. The van der Waals surface area contributed by atoms with Crippen molar-refractivity contribution in [3.05, 3.63) is 58.1 Å². The van der Waals surface area contributed by atoms with Crippen molar-refractivity contribution in [2.75, 3.05) is 0 Å². The van der Waals surface area contributed by atoms with Crippen LogP contribution >= 0.6 is 27.7 Å². The summed E-state index contributed by atoms with van der Waals surface area (Å²) in [6.45, 7) is 2.03. The van der Waals surface area contributed by atoms with Crippen LogP contribution in [0.1, 0.15) is 22.8 Å². The normalized spacial score (nSPS) is 10.4. The maximum Gasteiger partial charge on any atom is 0.335 e. The van der Waals surface area contributed by atoms with Crippen LogP contribution in [0.15, 0.2) is 56.7 Å². The first-order valence-corrected chi connectivity index (χ1v) is 7.50. The lowest BCUT2D eigenvalue weighted by Gasteiger charge is -2.08. The Balaban J connectivity index is 2.29. The Morgan fingerprint density at radius 3 is 2.47 bits per heavy atom. The summed E-state index contributed by atoms with van der Waals surface area (Å²) in [5.41, 5.74) is 1.41. The van der Waals surface area contributed by atoms with Crippen molar-refractivity contribution in [2.45, 2.75) is 23.1 Å². The van der Waals surface area contributed by atoms with Gasteiger partial charge in [0.2, 0.25) is 0 Å². The molecule has 2 rings (SSSR count). The Bertz CT molecular complexity index is 594. The Labute approximate surface area is 125 Å². The van der Waals surface area contributed by atoms with Crippen LogP contribution in [0.25, 0.3) is 0 Å². The molecule has 0 bridgehead atoms. The van der Waals surface area contributed by atoms with E-state index >= 15 is 0 Å². The number of carboxylic acid groups (broad SMARTS) is 1. The first kappa shape index (κ1) is 14.2. The molecule has 0 unspecified atom stereocenters. The van der Waals surface area contributed by atoms with Crippen molar-refractivity contribution >= 4 is 33.7 Å². The van der Waals surface area contributed by atoms with Crippen molar-refractivity contribution in [1.29, 1.82) is 0 Å². The summed E-state index contributed by atoms with van der Waals surface area (Å²) in [5, 5.41) is 9.00. The molecule has 19 heavy (non-hydrogen) atoms. The van der Waals surface area contributed by atoms with E-state index in [0.717, 1.165) is 26.2 Å². The second kappa shape index (κ2) is 6.26. The number of carboxylic acids is 1. The number of rotatable bonds is 4. The highest BCUT2D eigenvalue weighted by Crippen LogP contribution is 2.32. The van der Waals surface area contributed by atoms with Crippen LogP contribution in [0.5, 0.6) is 0 Å². The lowest BCUT2D eigenvalue weighted by atomic mass is 10.1. The lowest BCUT2D eigenvalue weighted by molar-refractivity contribution is 0.0696. The van der Waals surface area contributed by atoms with Crippen molar-refractivity contribution in [3.63, 3.8) is 0 Å². The molecule has 0 saturated carbocycles. The third-order valence-electron chi connectivity index (χ3n) is 2.73.